The highest BCUT2D eigenvalue weighted by molar-refractivity contribution is 5.17. The molecule has 0 aliphatic carbocycles. The second-order valence-corrected chi connectivity index (χ2v) is 6.62. The zero-order chi connectivity index (χ0) is 14.5. The third-order valence-electron chi connectivity index (χ3n) is 4.11. The Balaban J connectivity index is 1.96. The minimum absolute atomic E-state index is 0.269. The Kier molecular flexibility index (Phi) is 5.58. The van der Waals surface area contributed by atoms with Gasteiger partial charge in [0.2, 0.25) is 0 Å². The smallest absolute Gasteiger partial charge is 0.195 e. The summed E-state index contributed by atoms with van der Waals surface area (Å²) in [7, 11) is 4.45. The van der Waals surface area contributed by atoms with Gasteiger partial charge >= 0.3 is 0 Å². The summed E-state index contributed by atoms with van der Waals surface area (Å²) in [6.07, 6.45) is 1.88. The van der Waals surface area contributed by atoms with Gasteiger partial charge in [0.05, 0.1) is 27.2 Å². The van der Waals surface area contributed by atoms with E-state index in [-0.39, 0.29) is 6.10 Å². The number of hydrogen-bond acceptors (Lipinski definition) is 1. The molecule has 112 valence electrons. The van der Waals surface area contributed by atoms with E-state index in [9.17, 15) is 0 Å². The molecule has 0 saturated carbocycles. The van der Waals surface area contributed by atoms with Crippen molar-refractivity contribution in [3.8, 4) is 0 Å². The van der Waals surface area contributed by atoms with Crippen LogP contribution in [0.5, 0.6) is 0 Å². The SMILES string of the molecule is CC(C)[C@H]1O[C@@H](c2ccccc2)C[NH+]1CCC[NH+](C)C. The average molecular weight is 278 g/mol. The predicted molar refractivity (Wildman–Crippen MR) is 81.9 cm³/mol. The normalized spacial score (nSPS) is 26.6. The number of benzene rings is 1. The first-order valence-electron chi connectivity index (χ1n) is 7.92. The molecule has 1 aromatic rings. The van der Waals surface area contributed by atoms with Gasteiger partial charge in [0.1, 0.15) is 12.6 Å². The molecule has 0 amide bonds. The monoisotopic (exact) mass is 278 g/mol. The highest BCUT2D eigenvalue weighted by Gasteiger charge is 2.38. The van der Waals surface area contributed by atoms with Crippen molar-refractivity contribution < 1.29 is 14.5 Å². The van der Waals surface area contributed by atoms with Crippen molar-refractivity contribution in [2.75, 3.05) is 33.7 Å². The number of ether oxygens (including phenoxy) is 1. The minimum Gasteiger partial charge on any atom is -0.340 e. The van der Waals surface area contributed by atoms with Crippen LogP contribution in [-0.4, -0.2) is 40.0 Å². The van der Waals surface area contributed by atoms with Crippen molar-refractivity contribution in [2.45, 2.75) is 32.6 Å². The second-order valence-electron chi connectivity index (χ2n) is 6.62. The van der Waals surface area contributed by atoms with E-state index in [0.29, 0.717) is 12.1 Å². The van der Waals surface area contributed by atoms with E-state index >= 15 is 0 Å². The molecule has 3 nitrogen and oxygen atoms in total. The molecule has 1 aliphatic heterocycles. The molecule has 3 atom stereocenters. The molecule has 1 heterocycles. The molecule has 0 aromatic heterocycles. The first-order chi connectivity index (χ1) is 9.58. The van der Waals surface area contributed by atoms with Crippen LogP contribution in [0.15, 0.2) is 30.3 Å². The van der Waals surface area contributed by atoms with Gasteiger partial charge in [-0.05, 0) is 5.56 Å². The summed E-state index contributed by atoms with van der Waals surface area (Å²) >= 11 is 0. The van der Waals surface area contributed by atoms with Crippen LogP contribution in [0.25, 0.3) is 0 Å². The van der Waals surface area contributed by atoms with Crippen LogP contribution < -0.4 is 9.80 Å². The quantitative estimate of drug-likeness (QED) is 0.759. The van der Waals surface area contributed by atoms with Gasteiger partial charge in [0.25, 0.3) is 0 Å². The first kappa shape index (κ1) is 15.5. The zero-order valence-corrected chi connectivity index (χ0v) is 13.4. The van der Waals surface area contributed by atoms with Crippen LogP contribution >= 0.6 is 0 Å². The van der Waals surface area contributed by atoms with Gasteiger partial charge in [0, 0.05) is 12.3 Å². The summed E-state index contributed by atoms with van der Waals surface area (Å²) in [6, 6.07) is 10.7. The lowest BCUT2D eigenvalue weighted by Crippen LogP contribution is -3.15. The third kappa shape index (κ3) is 4.05. The van der Waals surface area contributed by atoms with Gasteiger partial charge in [0.15, 0.2) is 6.23 Å². The third-order valence-corrected chi connectivity index (χ3v) is 4.11. The van der Waals surface area contributed by atoms with E-state index in [0.717, 1.165) is 6.54 Å². The minimum atomic E-state index is 0.269. The summed E-state index contributed by atoms with van der Waals surface area (Å²) in [4.78, 5) is 3.15. The Hall–Kier alpha value is -0.900. The Morgan fingerprint density at radius 3 is 2.55 bits per heavy atom. The molecule has 1 aromatic carbocycles. The summed E-state index contributed by atoms with van der Waals surface area (Å²) in [6.45, 7) is 8.11. The summed E-state index contributed by atoms with van der Waals surface area (Å²) in [5.74, 6) is 0.574. The molecule has 1 unspecified atom stereocenters. The molecular weight excluding hydrogens is 248 g/mol. The number of quaternary nitrogens is 2. The van der Waals surface area contributed by atoms with Crippen molar-refractivity contribution in [2.24, 2.45) is 5.92 Å². The van der Waals surface area contributed by atoms with Gasteiger partial charge in [-0.2, -0.15) is 0 Å². The summed E-state index contributed by atoms with van der Waals surface area (Å²) in [5, 5.41) is 0. The topological polar surface area (TPSA) is 18.1 Å². The van der Waals surface area contributed by atoms with Gasteiger partial charge in [-0.3, -0.25) is 0 Å². The van der Waals surface area contributed by atoms with Crippen molar-refractivity contribution in [3.05, 3.63) is 35.9 Å². The Labute approximate surface area is 123 Å². The van der Waals surface area contributed by atoms with Crippen LogP contribution in [0.3, 0.4) is 0 Å². The molecule has 1 saturated heterocycles. The number of nitrogens with one attached hydrogen (secondary N) is 2. The lowest BCUT2D eigenvalue weighted by Gasteiger charge is -2.22. The van der Waals surface area contributed by atoms with E-state index < -0.39 is 0 Å². The fraction of sp³-hybridized carbons (Fsp3) is 0.647. The molecule has 0 radical (unpaired) electrons. The van der Waals surface area contributed by atoms with Crippen LogP contribution in [0.2, 0.25) is 0 Å². The Morgan fingerprint density at radius 1 is 1.25 bits per heavy atom. The van der Waals surface area contributed by atoms with Crippen LogP contribution in [-0.2, 0) is 4.74 Å². The fourth-order valence-electron chi connectivity index (χ4n) is 3.08. The van der Waals surface area contributed by atoms with E-state index in [1.165, 1.54) is 30.0 Å². The van der Waals surface area contributed by atoms with Gasteiger partial charge < -0.3 is 14.5 Å². The van der Waals surface area contributed by atoms with E-state index in [1.807, 2.05) is 0 Å². The maximum Gasteiger partial charge on any atom is 0.195 e. The molecular formula is C17H30N2O+2. The predicted octanol–water partition coefficient (Wildman–Crippen LogP) is 0.160. The van der Waals surface area contributed by atoms with Crippen LogP contribution in [0.4, 0.5) is 0 Å². The van der Waals surface area contributed by atoms with Gasteiger partial charge in [-0.1, -0.05) is 44.2 Å². The molecule has 1 fully saturated rings. The first-order valence-corrected chi connectivity index (χ1v) is 7.92. The average Bonchev–Trinajstić information content (AvgIpc) is 2.84. The molecule has 0 spiro atoms. The standard InChI is InChI=1S/C17H28N2O/c1-14(2)17-19(12-8-11-18(3)4)13-16(20-17)15-9-6-5-7-10-15/h5-7,9-10,14,16-17H,8,11-13H2,1-4H3/p+2/t16-,17-/m1/s1. The van der Waals surface area contributed by atoms with Crippen molar-refractivity contribution in [1.82, 2.24) is 0 Å². The van der Waals surface area contributed by atoms with Crippen LogP contribution in [0, 0.1) is 5.92 Å². The maximum atomic E-state index is 6.34. The molecule has 20 heavy (non-hydrogen) atoms. The number of rotatable bonds is 6. The highest BCUT2D eigenvalue weighted by atomic mass is 16.5. The fourth-order valence-corrected chi connectivity index (χ4v) is 3.08. The van der Waals surface area contributed by atoms with Gasteiger partial charge in [-0.15, -0.1) is 0 Å². The van der Waals surface area contributed by atoms with E-state index in [1.54, 1.807) is 4.90 Å². The van der Waals surface area contributed by atoms with E-state index in [4.69, 9.17) is 4.74 Å². The molecule has 0 bridgehead atoms. The van der Waals surface area contributed by atoms with Gasteiger partial charge in [-0.25, -0.2) is 0 Å². The largest absolute Gasteiger partial charge is 0.340 e. The molecule has 2 N–H and O–H groups in total. The number of hydrogen-bond donors (Lipinski definition) is 2. The lowest BCUT2D eigenvalue weighted by molar-refractivity contribution is -0.933. The Morgan fingerprint density at radius 2 is 1.95 bits per heavy atom. The van der Waals surface area contributed by atoms with E-state index in [2.05, 4.69) is 58.3 Å². The zero-order valence-electron chi connectivity index (χ0n) is 13.4. The molecule has 1 aliphatic rings. The Bertz CT molecular complexity index is 391. The summed E-state index contributed by atoms with van der Waals surface area (Å²) < 4.78 is 6.34. The lowest BCUT2D eigenvalue weighted by atomic mass is 10.1. The highest BCUT2D eigenvalue weighted by Crippen LogP contribution is 2.22. The van der Waals surface area contributed by atoms with Crippen molar-refractivity contribution in [3.63, 3.8) is 0 Å². The molecule has 3 heteroatoms. The summed E-state index contributed by atoms with van der Waals surface area (Å²) in [5.41, 5.74) is 1.33. The second kappa shape index (κ2) is 7.21. The van der Waals surface area contributed by atoms with Crippen LogP contribution in [0.1, 0.15) is 31.9 Å². The molecule has 2 rings (SSSR count). The van der Waals surface area contributed by atoms with Crippen molar-refractivity contribution in [1.29, 1.82) is 0 Å². The maximum absolute atomic E-state index is 6.34. The van der Waals surface area contributed by atoms with Crippen molar-refractivity contribution >= 4 is 0 Å².